The van der Waals surface area contributed by atoms with Crippen molar-refractivity contribution in [3.8, 4) is 0 Å². The summed E-state index contributed by atoms with van der Waals surface area (Å²) in [5.41, 5.74) is 0.832. The maximum absolute atomic E-state index is 10.9. The van der Waals surface area contributed by atoms with Crippen LogP contribution in [-0.2, 0) is 14.0 Å². The van der Waals surface area contributed by atoms with Crippen molar-refractivity contribution < 1.29 is 34.0 Å². The zero-order valence-electron chi connectivity index (χ0n) is 16.8. The number of halogens is 1. The summed E-state index contributed by atoms with van der Waals surface area (Å²) in [7, 11) is -2.42. The van der Waals surface area contributed by atoms with E-state index in [4.69, 9.17) is 30.9 Å². The van der Waals surface area contributed by atoms with Gasteiger partial charge < -0.3 is 34.4 Å². The summed E-state index contributed by atoms with van der Waals surface area (Å²) in [6.07, 6.45) is 0.299. The van der Waals surface area contributed by atoms with Crippen molar-refractivity contribution in [2.24, 2.45) is 0 Å². The van der Waals surface area contributed by atoms with E-state index in [1.807, 2.05) is 11.9 Å². The van der Waals surface area contributed by atoms with Crippen LogP contribution < -0.4 is 4.90 Å². The number of fused-ring (bicyclic) bond motifs is 1. The van der Waals surface area contributed by atoms with Crippen LogP contribution in [-0.4, -0.2) is 83.9 Å². The predicted molar refractivity (Wildman–Crippen MR) is 110 cm³/mol. The quantitative estimate of drug-likeness (QED) is 0.326. The number of hydrogen-bond acceptors (Lipinski definition) is 9. The third-order valence-corrected chi connectivity index (χ3v) is 6.42. The molecule has 4 rings (SSSR count). The smallest absolute Gasteiger partial charge is 0.350 e. The van der Waals surface area contributed by atoms with Gasteiger partial charge in [-0.2, -0.15) is 9.97 Å². The van der Waals surface area contributed by atoms with Crippen molar-refractivity contribution in [3.05, 3.63) is 11.6 Å². The lowest BCUT2D eigenvalue weighted by molar-refractivity contribution is -0.0612. The molecule has 12 nitrogen and oxygen atoms in total. The molecule has 0 unspecified atom stereocenters. The molecule has 3 heterocycles. The van der Waals surface area contributed by atoms with Gasteiger partial charge in [-0.3, -0.25) is 9.13 Å². The molecule has 31 heavy (non-hydrogen) atoms. The van der Waals surface area contributed by atoms with Crippen molar-refractivity contribution in [1.82, 2.24) is 19.5 Å². The van der Waals surface area contributed by atoms with Gasteiger partial charge in [-0.25, -0.2) is 4.98 Å². The molecule has 1 aliphatic carbocycles. The number of rotatable bonds is 7. The van der Waals surface area contributed by atoms with Crippen LogP contribution in [0.25, 0.3) is 11.2 Å². The second-order valence-electron chi connectivity index (χ2n) is 7.90. The SMILES string of the molecule is CN(c1nc(Cl)nc2c1ncn2[C@@H]1O[C@H](COCP(=O)(O)O)[C@@H](O)[C@H]1O)C1CCCC1. The molecule has 4 atom stereocenters. The molecule has 1 saturated carbocycles. The van der Waals surface area contributed by atoms with Crippen LogP contribution in [0.5, 0.6) is 0 Å². The number of nitrogens with zero attached hydrogens (tertiary/aromatic N) is 5. The summed E-state index contributed by atoms with van der Waals surface area (Å²) >= 11 is 6.18. The Kier molecular flexibility index (Phi) is 6.53. The van der Waals surface area contributed by atoms with E-state index in [0.29, 0.717) is 23.0 Å². The van der Waals surface area contributed by atoms with Gasteiger partial charge in [0.05, 0.1) is 12.9 Å². The Labute approximate surface area is 182 Å². The minimum atomic E-state index is -4.36. The Balaban J connectivity index is 1.59. The van der Waals surface area contributed by atoms with Crippen molar-refractivity contribution in [3.63, 3.8) is 0 Å². The average molecular weight is 478 g/mol. The highest BCUT2D eigenvalue weighted by Gasteiger charge is 2.44. The Morgan fingerprint density at radius 1 is 1.29 bits per heavy atom. The molecule has 0 bridgehead atoms. The number of ether oxygens (including phenoxy) is 2. The Hall–Kier alpha value is -1.37. The van der Waals surface area contributed by atoms with Crippen LogP contribution in [0.15, 0.2) is 6.33 Å². The molecule has 1 aliphatic heterocycles. The van der Waals surface area contributed by atoms with Crippen LogP contribution in [0.4, 0.5) is 5.82 Å². The zero-order chi connectivity index (χ0) is 22.3. The maximum Gasteiger partial charge on any atom is 0.350 e. The van der Waals surface area contributed by atoms with Crippen molar-refractivity contribution in [2.45, 2.75) is 56.3 Å². The van der Waals surface area contributed by atoms with Crippen LogP contribution in [0, 0.1) is 0 Å². The van der Waals surface area contributed by atoms with Gasteiger partial charge >= 0.3 is 7.60 Å². The molecule has 1 saturated heterocycles. The van der Waals surface area contributed by atoms with Gasteiger partial charge in [-0.1, -0.05) is 12.8 Å². The standard InChI is InChI=1S/C17H25ClN5O7P/c1-22(9-4-2-3-5-9)14-11-15(21-17(18)20-14)23(7-19-11)16-13(25)12(24)10(30-16)6-29-8-31(26,27)28/h7,9-10,12-13,16,24-25H,2-6,8H2,1H3,(H2,26,27,28)/t10-,12-,13-,16-/m1/s1. The lowest BCUT2D eigenvalue weighted by Crippen LogP contribution is -2.34. The van der Waals surface area contributed by atoms with E-state index in [1.165, 1.54) is 10.9 Å². The van der Waals surface area contributed by atoms with E-state index in [0.717, 1.165) is 25.7 Å². The first kappa shape index (κ1) is 22.8. The molecule has 2 aromatic heterocycles. The molecule has 0 radical (unpaired) electrons. The Morgan fingerprint density at radius 2 is 2.00 bits per heavy atom. The lowest BCUT2D eigenvalue weighted by atomic mass is 10.1. The minimum Gasteiger partial charge on any atom is -0.387 e. The van der Waals surface area contributed by atoms with Gasteiger partial charge in [-0.15, -0.1) is 0 Å². The summed E-state index contributed by atoms with van der Waals surface area (Å²) in [6.45, 7) is -0.308. The highest BCUT2D eigenvalue weighted by Crippen LogP contribution is 2.37. The van der Waals surface area contributed by atoms with Crippen molar-refractivity contribution >= 4 is 36.2 Å². The fourth-order valence-corrected chi connectivity index (χ4v) is 4.66. The summed E-state index contributed by atoms with van der Waals surface area (Å²) < 4.78 is 23.1. The highest BCUT2D eigenvalue weighted by atomic mass is 35.5. The second kappa shape index (κ2) is 8.87. The number of hydrogen-bond donors (Lipinski definition) is 4. The van der Waals surface area contributed by atoms with Crippen LogP contribution >= 0.6 is 19.2 Å². The molecule has 2 fully saturated rings. The van der Waals surface area contributed by atoms with E-state index in [1.54, 1.807) is 0 Å². The number of aliphatic hydroxyl groups is 2. The van der Waals surface area contributed by atoms with Gasteiger partial charge in [0.2, 0.25) is 5.28 Å². The molecule has 0 amide bonds. The zero-order valence-corrected chi connectivity index (χ0v) is 18.4. The summed E-state index contributed by atoms with van der Waals surface area (Å²) in [4.78, 5) is 32.8. The summed E-state index contributed by atoms with van der Waals surface area (Å²) in [5.74, 6) is 0.579. The summed E-state index contributed by atoms with van der Waals surface area (Å²) in [6, 6.07) is 0.324. The fraction of sp³-hybridized carbons (Fsp3) is 0.706. The normalized spacial score (nSPS) is 27.4. The molecule has 14 heteroatoms. The number of aliphatic hydroxyl groups excluding tert-OH is 2. The highest BCUT2D eigenvalue weighted by molar-refractivity contribution is 7.51. The molecule has 0 spiro atoms. The first-order valence-electron chi connectivity index (χ1n) is 9.92. The molecule has 0 aromatic carbocycles. The lowest BCUT2D eigenvalue weighted by Gasteiger charge is -2.25. The number of aromatic nitrogens is 4. The van der Waals surface area contributed by atoms with Gasteiger partial charge in [0.25, 0.3) is 0 Å². The second-order valence-corrected chi connectivity index (χ2v) is 9.83. The van der Waals surface area contributed by atoms with E-state index in [9.17, 15) is 14.8 Å². The van der Waals surface area contributed by atoms with E-state index in [-0.39, 0.29) is 11.9 Å². The number of anilines is 1. The molecule has 2 aliphatic rings. The maximum atomic E-state index is 10.9. The van der Waals surface area contributed by atoms with Gasteiger partial charge in [0.1, 0.15) is 24.7 Å². The first-order valence-corrected chi connectivity index (χ1v) is 12.1. The Morgan fingerprint density at radius 3 is 2.68 bits per heavy atom. The predicted octanol–water partition coefficient (Wildman–Crippen LogP) is 0.629. The largest absolute Gasteiger partial charge is 0.387 e. The monoisotopic (exact) mass is 477 g/mol. The third kappa shape index (κ3) is 4.71. The minimum absolute atomic E-state index is 0.0173. The van der Waals surface area contributed by atoms with Gasteiger partial charge in [0.15, 0.2) is 23.2 Å². The third-order valence-electron chi connectivity index (χ3n) is 5.74. The fourth-order valence-electron chi connectivity index (χ4n) is 4.16. The first-order chi connectivity index (χ1) is 14.7. The van der Waals surface area contributed by atoms with E-state index >= 15 is 0 Å². The molecule has 172 valence electrons. The molecular weight excluding hydrogens is 453 g/mol. The average Bonchev–Trinajstić information content (AvgIpc) is 3.42. The van der Waals surface area contributed by atoms with Crippen LogP contribution in [0.1, 0.15) is 31.9 Å². The van der Waals surface area contributed by atoms with Crippen molar-refractivity contribution in [2.75, 3.05) is 24.9 Å². The topological polar surface area (TPSA) is 163 Å². The van der Waals surface area contributed by atoms with Gasteiger partial charge in [-0.05, 0) is 24.4 Å². The van der Waals surface area contributed by atoms with E-state index in [2.05, 4.69) is 15.0 Å². The van der Waals surface area contributed by atoms with E-state index < -0.39 is 38.5 Å². The van der Waals surface area contributed by atoms with Gasteiger partial charge in [0, 0.05) is 13.1 Å². The number of imidazole rings is 1. The van der Waals surface area contributed by atoms with Crippen molar-refractivity contribution in [1.29, 1.82) is 0 Å². The molecule has 2 aromatic rings. The Bertz CT molecular complexity index is 981. The summed E-state index contributed by atoms with van der Waals surface area (Å²) in [5, 5.41) is 20.9. The molecule has 4 N–H and O–H groups in total. The molecular formula is C17H25ClN5O7P. The van der Waals surface area contributed by atoms with Crippen LogP contribution in [0.3, 0.4) is 0 Å². The van der Waals surface area contributed by atoms with Crippen LogP contribution in [0.2, 0.25) is 5.28 Å².